The molecule has 11 heavy (non-hydrogen) atoms. The van der Waals surface area contributed by atoms with Gasteiger partial charge in [0, 0.05) is 5.57 Å². The van der Waals surface area contributed by atoms with Gasteiger partial charge in [-0.2, -0.15) is 0 Å². The van der Waals surface area contributed by atoms with E-state index in [1.54, 1.807) is 6.92 Å². The first-order valence-electron chi connectivity index (χ1n) is 3.58. The summed E-state index contributed by atoms with van der Waals surface area (Å²) in [5, 5.41) is 0. The van der Waals surface area contributed by atoms with E-state index >= 15 is 0 Å². The molecule has 62 valence electrons. The summed E-state index contributed by atoms with van der Waals surface area (Å²) < 4.78 is 4.51. The molecule has 0 aromatic carbocycles. The first-order chi connectivity index (χ1) is 5.22. The van der Waals surface area contributed by atoms with E-state index in [0.29, 0.717) is 5.57 Å². The first kappa shape index (κ1) is 9.95. The van der Waals surface area contributed by atoms with E-state index in [4.69, 9.17) is 0 Å². The molecule has 0 N–H and O–H groups in total. The van der Waals surface area contributed by atoms with Gasteiger partial charge >= 0.3 is 5.97 Å². The number of methoxy groups -OCH3 is 1. The van der Waals surface area contributed by atoms with Crippen molar-refractivity contribution in [2.75, 3.05) is 7.11 Å². The highest BCUT2D eigenvalue weighted by Gasteiger charge is 2.00. The molecule has 0 aliphatic rings. The van der Waals surface area contributed by atoms with Crippen LogP contribution >= 0.6 is 0 Å². The van der Waals surface area contributed by atoms with Crippen LogP contribution in [-0.2, 0) is 9.53 Å². The van der Waals surface area contributed by atoms with Crippen LogP contribution in [-0.4, -0.2) is 13.1 Å². The number of rotatable bonds is 4. The van der Waals surface area contributed by atoms with Gasteiger partial charge < -0.3 is 4.74 Å². The van der Waals surface area contributed by atoms with E-state index < -0.39 is 0 Å². The lowest BCUT2D eigenvalue weighted by Crippen LogP contribution is -2.00. The molecule has 0 radical (unpaired) electrons. The Morgan fingerprint density at radius 1 is 1.55 bits per heavy atom. The lowest BCUT2D eigenvalue weighted by molar-refractivity contribution is -0.136. The van der Waals surface area contributed by atoms with Crippen molar-refractivity contribution < 1.29 is 9.53 Å². The van der Waals surface area contributed by atoms with Crippen LogP contribution in [0.25, 0.3) is 0 Å². The van der Waals surface area contributed by atoms with Crippen LogP contribution in [0.2, 0.25) is 0 Å². The molecule has 0 aromatic heterocycles. The third kappa shape index (κ3) is 4.37. The van der Waals surface area contributed by atoms with Crippen molar-refractivity contribution in [3.05, 3.63) is 24.3 Å². The molecular formula is C9H14O2. The number of hydrogen-bond donors (Lipinski definition) is 0. The van der Waals surface area contributed by atoms with Crippen molar-refractivity contribution >= 4 is 5.97 Å². The summed E-state index contributed by atoms with van der Waals surface area (Å²) >= 11 is 0. The molecule has 0 spiro atoms. The van der Waals surface area contributed by atoms with E-state index in [0.717, 1.165) is 12.8 Å². The molecule has 0 unspecified atom stereocenters. The van der Waals surface area contributed by atoms with E-state index in [2.05, 4.69) is 11.3 Å². The third-order valence-electron chi connectivity index (χ3n) is 1.33. The number of ether oxygens (including phenoxy) is 1. The van der Waals surface area contributed by atoms with Crippen molar-refractivity contribution in [1.82, 2.24) is 0 Å². The minimum atomic E-state index is -0.255. The van der Waals surface area contributed by atoms with Gasteiger partial charge in [0.05, 0.1) is 7.11 Å². The van der Waals surface area contributed by atoms with Gasteiger partial charge in [0.2, 0.25) is 0 Å². The van der Waals surface area contributed by atoms with Gasteiger partial charge in [0.1, 0.15) is 0 Å². The molecule has 0 rings (SSSR count). The fourth-order valence-electron chi connectivity index (χ4n) is 0.662. The largest absolute Gasteiger partial charge is 0.466 e. The maximum Gasteiger partial charge on any atom is 0.333 e. The van der Waals surface area contributed by atoms with Crippen LogP contribution in [0.3, 0.4) is 0 Å². The van der Waals surface area contributed by atoms with Gasteiger partial charge in [-0.1, -0.05) is 12.2 Å². The topological polar surface area (TPSA) is 26.3 Å². The molecule has 2 heteroatoms. The fraction of sp³-hybridized carbons (Fsp3) is 0.444. The monoisotopic (exact) mass is 154 g/mol. The Labute approximate surface area is 67.6 Å². The van der Waals surface area contributed by atoms with Gasteiger partial charge in [-0.25, -0.2) is 4.79 Å². The van der Waals surface area contributed by atoms with Gasteiger partial charge in [-0.3, -0.25) is 0 Å². The van der Waals surface area contributed by atoms with Crippen molar-refractivity contribution in [2.24, 2.45) is 0 Å². The van der Waals surface area contributed by atoms with Crippen molar-refractivity contribution in [3.8, 4) is 0 Å². The van der Waals surface area contributed by atoms with E-state index in [9.17, 15) is 4.79 Å². The molecule has 0 heterocycles. The molecule has 0 amide bonds. The third-order valence-corrected chi connectivity index (χ3v) is 1.33. The number of carbonyl (C=O) groups excluding carboxylic acids is 1. The molecule has 0 bridgehead atoms. The Bertz CT molecular complexity index is 168. The highest BCUT2D eigenvalue weighted by Crippen LogP contribution is 2.00. The smallest absolute Gasteiger partial charge is 0.333 e. The SMILES string of the molecule is C=CCCC=C(C)C(=O)OC. The second-order valence-corrected chi connectivity index (χ2v) is 2.24. The maximum absolute atomic E-state index is 10.8. The Hall–Kier alpha value is -1.05. The average molecular weight is 154 g/mol. The maximum atomic E-state index is 10.8. The summed E-state index contributed by atoms with van der Waals surface area (Å²) in [7, 11) is 1.38. The van der Waals surface area contributed by atoms with Crippen LogP contribution < -0.4 is 0 Å². The van der Waals surface area contributed by atoms with Crippen LogP contribution in [0.15, 0.2) is 24.3 Å². The first-order valence-corrected chi connectivity index (χ1v) is 3.58. The Kier molecular flexibility index (Phi) is 5.17. The van der Waals surface area contributed by atoms with Crippen molar-refractivity contribution in [1.29, 1.82) is 0 Å². The number of esters is 1. The average Bonchev–Trinajstić information content (AvgIpc) is 2.03. The highest BCUT2D eigenvalue weighted by molar-refractivity contribution is 5.87. The standard InChI is InChI=1S/C9H14O2/c1-4-5-6-7-8(2)9(10)11-3/h4,7H,1,5-6H2,2-3H3. The molecule has 0 aliphatic heterocycles. The second-order valence-electron chi connectivity index (χ2n) is 2.24. The van der Waals surface area contributed by atoms with E-state index in [1.807, 2.05) is 12.2 Å². The lowest BCUT2D eigenvalue weighted by atomic mass is 10.2. The Morgan fingerprint density at radius 3 is 2.64 bits per heavy atom. The van der Waals surface area contributed by atoms with Crippen LogP contribution in [0, 0.1) is 0 Å². The van der Waals surface area contributed by atoms with E-state index in [1.165, 1.54) is 7.11 Å². The molecule has 0 aliphatic carbocycles. The normalized spacial score (nSPS) is 10.9. The fourth-order valence-corrected chi connectivity index (χ4v) is 0.662. The predicted octanol–water partition coefficient (Wildman–Crippen LogP) is 2.07. The molecule has 0 fully saturated rings. The minimum Gasteiger partial charge on any atom is -0.466 e. The van der Waals surface area contributed by atoms with Crippen LogP contribution in [0.4, 0.5) is 0 Å². The van der Waals surface area contributed by atoms with Gasteiger partial charge in [-0.15, -0.1) is 6.58 Å². The second kappa shape index (κ2) is 5.71. The van der Waals surface area contributed by atoms with Gasteiger partial charge in [0.15, 0.2) is 0 Å². The number of allylic oxidation sites excluding steroid dienone is 2. The zero-order valence-electron chi connectivity index (χ0n) is 7.09. The molecular weight excluding hydrogens is 140 g/mol. The number of unbranched alkanes of at least 4 members (excludes halogenated alkanes) is 1. The molecule has 2 nitrogen and oxygen atoms in total. The summed E-state index contributed by atoms with van der Waals surface area (Å²) in [4.78, 5) is 10.8. The summed E-state index contributed by atoms with van der Waals surface area (Å²) in [6, 6.07) is 0. The van der Waals surface area contributed by atoms with E-state index in [-0.39, 0.29) is 5.97 Å². The van der Waals surface area contributed by atoms with Crippen molar-refractivity contribution in [3.63, 3.8) is 0 Å². The van der Waals surface area contributed by atoms with Gasteiger partial charge in [-0.05, 0) is 19.8 Å². The summed E-state index contributed by atoms with van der Waals surface area (Å²) in [6.45, 7) is 5.32. The van der Waals surface area contributed by atoms with Gasteiger partial charge in [0.25, 0.3) is 0 Å². The minimum absolute atomic E-state index is 0.255. The summed E-state index contributed by atoms with van der Waals surface area (Å²) in [6.07, 6.45) is 5.42. The molecule has 0 aromatic rings. The molecule has 0 atom stereocenters. The molecule has 0 saturated carbocycles. The lowest BCUT2D eigenvalue weighted by Gasteiger charge is -1.96. The Balaban J connectivity index is 3.79. The summed E-state index contributed by atoms with van der Waals surface area (Å²) in [5.74, 6) is -0.255. The van der Waals surface area contributed by atoms with Crippen LogP contribution in [0.1, 0.15) is 19.8 Å². The zero-order valence-corrected chi connectivity index (χ0v) is 7.09. The zero-order chi connectivity index (χ0) is 8.69. The van der Waals surface area contributed by atoms with Crippen LogP contribution in [0.5, 0.6) is 0 Å². The number of carbonyl (C=O) groups is 1. The number of hydrogen-bond acceptors (Lipinski definition) is 2. The summed E-state index contributed by atoms with van der Waals surface area (Å²) in [5.41, 5.74) is 0.661. The van der Waals surface area contributed by atoms with Crippen molar-refractivity contribution in [2.45, 2.75) is 19.8 Å². The quantitative estimate of drug-likeness (QED) is 0.268. The highest BCUT2D eigenvalue weighted by atomic mass is 16.5. The predicted molar refractivity (Wildman–Crippen MR) is 45.2 cm³/mol. The Morgan fingerprint density at radius 2 is 2.18 bits per heavy atom. The molecule has 0 saturated heterocycles.